The third-order valence-electron chi connectivity index (χ3n) is 4.18. The fourth-order valence-corrected chi connectivity index (χ4v) is 2.94. The van der Waals surface area contributed by atoms with Gasteiger partial charge >= 0.3 is 5.97 Å². The summed E-state index contributed by atoms with van der Waals surface area (Å²) in [4.78, 5) is 15.5. The number of hydrogen-bond acceptors (Lipinski definition) is 3. The van der Waals surface area contributed by atoms with Gasteiger partial charge in [0.25, 0.3) is 0 Å². The van der Waals surface area contributed by atoms with Gasteiger partial charge in [0.05, 0.1) is 12.8 Å². The molecule has 1 unspecified atom stereocenters. The number of carboxylic acid groups (broad SMARTS) is 1. The number of aliphatic carboxylic acids is 1. The first kappa shape index (κ1) is 15.4. The molecule has 0 radical (unpaired) electrons. The molecule has 2 aromatic carbocycles. The van der Waals surface area contributed by atoms with Crippen molar-refractivity contribution in [3.63, 3.8) is 0 Å². The van der Waals surface area contributed by atoms with E-state index in [1.807, 2.05) is 42.5 Å². The summed E-state index contributed by atoms with van der Waals surface area (Å²) in [6.45, 7) is 0.652. The number of para-hydroxylation sites is 2. The molecule has 0 saturated carbocycles. The summed E-state index contributed by atoms with van der Waals surface area (Å²) in [6, 6.07) is 17.9. The molecule has 3 rings (SSSR count). The minimum Gasteiger partial charge on any atom is -0.481 e. The lowest BCUT2D eigenvalue weighted by Crippen LogP contribution is -2.59. The van der Waals surface area contributed by atoms with Gasteiger partial charge in [-0.2, -0.15) is 15.4 Å². The van der Waals surface area contributed by atoms with Crippen LogP contribution in [0.2, 0.25) is 0 Å². The van der Waals surface area contributed by atoms with Crippen LogP contribution in [0.3, 0.4) is 0 Å². The van der Waals surface area contributed by atoms with Gasteiger partial charge < -0.3 is 5.11 Å². The molecule has 0 spiro atoms. The van der Waals surface area contributed by atoms with E-state index in [1.165, 1.54) is 5.56 Å². The summed E-state index contributed by atoms with van der Waals surface area (Å²) in [5.74, 6) is 6.54. The van der Waals surface area contributed by atoms with Crippen LogP contribution in [0, 0.1) is 0 Å². The topological polar surface area (TPSA) is 75.7 Å². The van der Waals surface area contributed by atoms with E-state index < -0.39 is 5.97 Å². The average molecular weight is 310 g/mol. The largest absolute Gasteiger partial charge is 0.481 e. The van der Waals surface area contributed by atoms with E-state index in [4.69, 9.17) is 10.9 Å². The van der Waals surface area contributed by atoms with Crippen molar-refractivity contribution in [3.8, 4) is 0 Å². The number of carboxylic acids is 1. The molecule has 118 valence electrons. The number of nitrogens with two attached hydrogens (primary N) is 1. The Morgan fingerprint density at radius 3 is 2.48 bits per heavy atom. The fourth-order valence-electron chi connectivity index (χ4n) is 2.94. The quantitative estimate of drug-likeness (QED) is 0.636. The molecule has 1 atom stereocenters. The van der Waals surface area contributed by atoms with Gasteiger partial charge in [-0.15, -0.1) is 0 Å². The first-order valence-corrected chi connectivity index (χ1v) is 7.70. The second-order valence-corrected chi connectivity index (χ2v) is 5.74. The fraction of sp³-hybridized carbons (Fsp3) is 0.222. The van der Waals surface area contributed by atoms with Crippen LogP contribution < -0.4 is 10.4 Å². The maximum absolute atomic E-state index is 10.9. The highest BCUT2D eigenvalue weighted by Crippen LogP contribution is 2.39. The van der Waals surface area contributed by atoms with E-state index in [0.717, 1.165) is 17.8 Å². The van der Waals surface area contributed by atoms with Crippen molar-refractivity contribution in [2.45, 2.75) is 19.3 Å². The highest BCUT2D eigenvalue weighted by Gasteiger charge is 2.40. The molecule has 0 fully saturated rings. The van der Waals surface area contributed by atoms with Gasteiger partial charge in [-0.3, -0.25) is 4.79 Å². The maximum atomic E-state index is 10.9. The van der Waals surface area contributed by atoms with Gasteiger partial charge in [0.1, 0.15) is 12.2 Å². The van der Waals surface area contributed by atoms with E-state index in [0.29, 0.717) is 18.8 Å². The molecule has 0 saturated heterocycles. The normalized spacial score (nSPS) is 19.3. The zero-order valence-electron chi connectivity index (χ0n) is 12.9. The Balaban J connectivity index is 1.85. The lowest BCUT2D eigenvalue weighted by atomic mass is 10.1. The van der Waals surface area contributed by atoms with E-state index in [9.17, 15) is 4.79 Å². The first-order valence-electron chi connectivity index (χ1n) is 7.70. The van der Waals surface area contributed by atoms with Gasteiger partial charge in [-0.25, -0.2) is 0 Å². The lowest BCUT2D eigenvalue weighted by Gasteiger charge is -2.29. The van der Waals surface area contributed by atoms with Crippen molar-refractivity contribution >= 4 is 23.2 Å². The Hall–Kier alpha value is -2.50. The maximum Gasteiger partial charge on any atom is 0.303 e. The van der Waals surface area contributed by atoms with Crippen LogP contribution in [0.4, 0.5) is 11.4 Å². The minimum atomic E-state index is -0.835. The summed E-state index contributed by atoms with van der Waals surface area (Å²) in [5.41, 5.74) is 2.98. The van der Waals surface area contributed by atoms with E-state index in [2.05, 4.69) is 17.1 Å². The molecular formula is C18H20N3O2+. The Kier molecular flexibility index (Phi) is 4.23. The minimum absolute atomic E-state index is 0.0371. The first-order chi connectivity index (χ1) is 11.1. The highest BCUT2D eigenvalue weighted by atomic mass is 16.4. The number of fused-ring (bicyclic) bond motifs is 1. The molecule has 0 amide bonds. The van der Waals surface area contributed by atoms with Crippen LogP contribution in [-0.2, 0) is 11.2 Å². The van der Waals surface area contributed by atoms with Crippen LogP contribution >= 0.6 is 0 Å². The number of carbonyl (C=O) groups is 1. The van der Waals surface area contributed by atoms with Crippen LogP contribution in [-0.4, -0.2) is 23.5 Å². The van der Waals surface area contributed by atoms with Crippen molar-refractivity contribution < 1.29 is 9.90 Å². The highest BCUT2D eigenvalue weighted by molar-refractivity contribution is 6.02. The van der Waals surface area contributed by atoms with Gasteiger partial charge in [-0.1, -0.05) is 42.5 Å². The monoisotopic (exact) mass is 310 g/mol. The molecule has 0 aliphatic carbocycles. The summed E-state index contributed by atoms with van der Waals surface area (Å²) >= 11 is 0. The lowest BCUT2D eigenvalue weighted by molar-refractivity contribution is -0.136. The Morgan fingerprint density at radius 2 is 1.74 bits per heavy atom. The summed E-state index contributed by atoms with van der Waals surface area (Å²) < 4.78 is 0.0956. The Bertz CT molecular complexity index is 743. The number of amidine groups is 1. The number of rotatable bonds is 6. The smallest absolute Gasteiger partial charge is 0.303 e. The Labute approximate surface area is 135 Å². The number of quaternary nitrogens is 1. The van der Waals surface area contributed by atoms with Gasteiger partial charge in [-0.05, 0) is 11.6 Å². The molecule has 23 heavy (non-hydrogen) atoms. The zero-order chi connectivity index (χ0) is 16.3. The van der Waals surface area contributed by atoms with Gasteiger partial charge in [0, 0.05) is 12.5 Å². The van der Waals surface area contributed by atoms with Crippen LogP contribution in [0.5, 0.6) is 0 Å². The van der Waals surface area contributed by atoms with E-state index in [-0.39, 0.29) is 11.0 Å². The zero-order valence-corrected chi connectivity index (χ0v) is 12.9. The predicted molar refractivity (Wildman–Crippen MR) is 91.4 cm³/mol. The molecule has 3 N–H and O–H groups in total. The molecule has 2 aromatic rings. The molecule has 5 heteroatoms. The van der Waals surface area contributed by atoms with Crippen molar-refractivity contribution in [2.24, 2.45) is 10.8 Å². The summed E-state index contributed by atoms with van der Waals surface area (Å²) in [7, 11) is 0. The second kappa shape index (κ2) is 6.32. The van der Waals surface area contributed by atoms with Gasteiger partial charge in [0.2, 0.25) is 5.84 Å². The summed E-state index contributed by atoms with van der Waals surface area (Å²) in [6.07, 6.45) is 1.20. The van der Waals surface area contributed by atoms with Crippen LogP contribution in [0.1, 0.15) is 18.4 Å². The Morgan fingerprint density at radius 1 is 1.04 bits per heavy atom. The summed E-state index contributed by atoms with van der Waals surface area (Å²) in [5, 5.41) is 8.97. The van der Waals surface area contributed by atoms with E-state index in [1.54, 1.807) is 0 Å². The standard InChI is InChI=1S/C18H19N3O2/c19-21(13-12-14-6-2-1-3-7-14)16-9-5-4-8-15(16)20-17(21)10-11-18(22)23/h1-9H,10-13,19H2/p+1. The van der Waals surface area contributed by atoms with Gasteiger partial charge in [0.15, 0.2) is 5.69 Å². The average Bonchev–Trinajstić information content (AvgIpc) is 2.85. The third-order valence-corrected chi connectivity index (χ3v) is 4.18. The molecular weight excluding hydrogens is 290 g/mol. The number of nitrogens with zero attached hydrogens (tertiary/aromatic N) is 2. The molecule has 0 bridgehead atoms. The molecule has 1 heterocycles. The van der Waals surface area contributed by atoms with Crippen LogP contribution in [0.15, 0.2) is 59.6 Å². The SMILES string of the molecule is N[N+]1(CCc2ccccc2)C(CCC(=O)O)=Nc2ccccc21. The molecule has 1 aliphatic heterocycles. The van der Waals surface area contributed by atoms with Crippen molar-refractivity contribution in [1.29, 1.82) is 0 Å². The second-order valence-electron chi connectivity index (χ2n) is 5.74. The number of aliphatic imine (C=N–C) groups is 1. The van der Waals surface area contributed by atoms with Crippen molar-refractivity contribution in [2.75, 3.05) is 6.54 Å². The third kappa shape index (κ3) is 3.16. The van der Waals surface area contributed by atoms with E-state index >= 15 is 0 Å². The van der Waals surface area contributed by atoms with Crippen molar-refractivity contribution in [3.05, 3.63) is 60.2 Å². The van der Waals surface area contributed by atoms with Crippen LogP contribution in [0.25, 0.3) is 0 Å². The molecule has 0 aromatic heterocycles. The number of hydrogen-bond donors (Lipinski definition) is 2. The molecule has 5 nitrogen and oxygen atoms in total. The number of benzene rings is 2. The van der Waals surface area contributed by atoms with Crippen molar-refractivity contribution in [1.82, 2.24) is 4.59 Å². The molecule has 1 aliphatic rings. The predicted octanol–water partition coefficient (Wildman–Crippen LogP) is 3.02.